The lowest BCUT2D eigenvalue weighted by Gasteiger charge is -2.10. The van der Waals surface area contributed by atoms with E-state index in [4.69, 9.17) is 12.6 Å². The number of carbonyl (C=O) groups is 1. The second kappa shape index (κ2) is 5.48. The standard InChI is InChI=1S/C11H13BO2/c1-2-14-11(13)8-10(12)9-6-4-3-5-7-9/h3-7,10H,2,8H2,1H3/t10-/m1/s1. The SMILES string of the molecule is [B][C@H](CC(=O)OCC)c1ccccc1. The molecule has 1 rings (SSSR count). The molecule has 0 aliphatic heterocycles. The molecule has 0 bridgehead atoms. The Bertz CT molecular complexity index is 285. The fourth-order valence-electron chi connectivity index (χ4n) is 1.22. The number of benzene rings is 1. The van der Waals surface area contributed by atoms with Gasteiger partial charge >= 0.3 is 5.97 Å². The minimum atomic E-state index is -0.268. The Morgan fingerprint density at radius 1 is 1.43 bits per heavy atom. The van der Waals surface area contributed by atoms with Crippen molar-refractivity contribution in [1.82, 2.24) is 0 Å². The number of esters is 1. The first-order valence-corrected chi connectivity index (χ1v) is 4.70. The molecule has 0 aliphatic carbocycles. The zero-order valence-corrected chi connectivity index (χ0v) is 8.27. The van der Waals surface area contributed by atoms with Crippen molar-refractivity contribution in [3.8, 4) is 0 Å². The Morgan fingerprint density at radius 2 is 2.07 bits per heavy atom. The minimum absolute atomic E-state index is 0.234. The first-order valence-electron chi connectivity index (χ1n) is 4.70. The van der Waals surface area contributed by atoms with E-state index < -0.39 is 0 Å². The van der Waals surface area contributed by atoms with Gasteiger partial charge in [0.05, 0.1) is 14.5 Å². The van der Waals surface area contributed by atoms with Crippen LogP contribution in [-0.4, -0.2) is 20.4 Å². The van der Waals surface area contributed by atoms with Gasteiger partial charge in [-0.3, -0.25) is 4.79 Å². The van der Waals surface area contributed by atoms with Crippen LogP contribution >= 0.6 is 0 Å². The maximum absolute atomic E-state index is 11.1. The highest BCUT2D eigenvalue weighted by molar-refractivity contribution is 6.13. The average molecular weight is 188 g/mol. The van der Waals surface area contributed by atoms with Gasteiger partial charge in [0.25, 0.3) is 0 Å². The van der Waals surface area contributed by atoms with Gasteiger partial charge in [0.15, 0.2) is 0 Å². The summed E-state index contributed by atoms with van der Waals surface area (Å²) in [5.74, 6) is -0.515. The number of ether oxygens (including phenoxy) is 1. The molecule has 0 amide bonds. The van der Waals surface area contributed by atoms with Crippen LogP contribution in [-0.2, 0) is 9.53 Å². The average Bonchev–Trinajstić information content (AvgIpc) is 2.19. The number of carbonyl (C=O) groups excluding carboxylic acids is 1. The first kappa shape index (κ1) is 10.8. The summed E-state index contributed by atoms with van der Waals surface area (Å²) in [7, 11) is 5.83. The molecule has 1 aromatic rings. The Balaban J connectivity index is 2.50. The third-order valence-electron chi connectivity index (χ3n) is 1.92. The topological polar surface area (TPSA) is 26.3 Å². The summed E-state index contributed by atoms with van der Waals surface area (Å²) < 4.78 is 4.82. The van der Waals surface area contributed by atoms with Crippen LogP contribution in [0.1, 0.15) is 24.7 Å². The molecule has 0 saturated heterocycles. The molecule has 0 fully saturated rings. The summed E-state index contributed by atoms with van der Waals surface area (Å²) in [6.07, 6.45) is 0.234. The van der Waals surface area contributed by atoms with Crippen LogP contribution in [0.5, 0.6) is 0 Å². The Morgan fingerprint density at radius 3 is 2.64 bits per heavy atom. The monoisotopic (exact) mass is 188 g/mol. The molecule has 2 nitrogen and oxygen atoms in total. The predicted molar refractivity (Wildman–Crippen MR) is 56.2 cm³/mol. The van der Waals surface area contributed by atoms with Crippen molar-refractivity contribution in [3.05, 3.63) is 35.9 Å². The molecule has 1 aromatic carbocycles. The van der Waals surface area contributed by atoms with E-state index in [9.17, 15) is 4.79 Å². The molecule has 0 saturated carbocycles. The third-order valence-corrected chi connectivity index (χ3v) is 1.92. The number of hydrogen-bond acceptors (Lipinski definition) is 2. The molecule has 1 atom stereocenters. The van der Waals surface area contributed by atoms with Crippen LogP contribution in [0.3, 0.4) is 0 Å². The second-order valence-electron chi connectivity index (χ2n) is 3.03. The lowest BCUT2D eigenvalue weighted by molar-refractivity contribution is -0.143. The molecule has 0 spiro atoms. The predicted octanol–water partition coefficient (Wildman–Crippen LogP) is 1.85. The molecule has 2 radical (unpaired) electrons. The Hall–Kier alpha value is -1.25. The highest BCUT2D eigenvalue weighted by Crippen LogP contribution is 2.15. The van der Waals surface area contributed by atoms with Gasteiger partial charge in [-0.1, -0.05) is 35.9 Å². The molecule has 0 aromatic heterocycles. The van der Waals surface area contributed by atoms with Crippen LogP contribution in [0.4, 0.5) is 0 Å². The van der Waals surface area contributed by atoms with Gasteiger partial charge < -0.3 is 4.74 Å². The maximum atomic E-state index is 11.1. The maximum Gasteiger partial charge on any atom is 0.305 e. The Kier molecular flexibility index (Phi) is 4.24. The second-order valence-corrected chi connectivity index (χ2v) is 3.03. The van der Waals surface area contributed by atoms with Gasteiger partial charge in [-0.25, -0.2) is 0 Å². The Labute approximate surface area is 85.7 Å². The third kappa shape index (κ3) is 3.25. The van der Waals surface area contributed by atoms with E-state index in [0.717, 1.165) is 5.56 Å². The molecule has 0 heterocycles. The van der Waals surface area contributed by atoms with Gasteiger partial charge in [-0.2, -0.15) is 0 Å². The first-order chi connectivity index (χ1) is 6.74. The normalized spacial score (nSPS) is 12.1. The molecular weight excluding hydrogens is 175 g/mol. The summed E-state index contributed by atoms with van der Waals surface area (Å²) in [6, 6.07) is 9.54. The van der Waals surface area contributed by atoms with E-state index in [0.29, 0.717) is 6.61 Å². The molecule has 0 unspecified atom stereocenters. The van der Waals surface area contributed by atoms with E-state index >= 15 is 0 Å². The molecule has 0 N–H and O–H groups in total. The molecular formula is C11H13BO2. The van der Waals surface area contributed by atoms with E-state index in [2.05, 4.69) is 0 Å². The van der Waals surface area contributed by atoms with Crippen molar-refractivity contribution < 1.29 is 9.53 Å². The zero-order chi connectivity index (χ0) is 10.4. The highest BCUT2D eigenvalue weighted by atomic mass is 16.5. The summed E-state index contributed by atoms with van der Waals surface area (Å²) >= 11 is 0. The fraction of sp³-hybridized carbons (Fsp3) is 0.364. The van der Waals surface area contributed by atoms with Crippen molar-refractivity contribution in [1.29, 1.82) is 0 Å². The van der Waals surface area contributed by atoms with Crippen LogP contribution < -0.4 is 0 Å². The van der Waals surface area contributed by atoms with E-state index in [1.165, 1.54) is 0 Å². The van der Waals surface area contributed by atoms with Crippen molar-refractivity contribution >= 4 is 13.8 Å². The van der Waals surface area contributed by atoms with Crippen molar-refractivity contribution in [2.45, 2.75) is 19.2 Å². The van der Waals surface area contributed by atoms with Gasteiger partial charge in [0.1, 0.15) is 0 Å². The molecule has 3 heteroatoms. The van der Waals surface area contributed by atoms with Crippen LogP contribution in [0.15, 0.2) is 30.3 Å². The smallest absolute Gasteiger partial charge is 0.305 e. The largest absolute Gasteiger partial charge is 0.466 e. The number of hydrogen-bond donors (Lipinski definition) is 0. The number of rotatable bonds is 4. The molecule has 14 heavy (non-hydrogen) atoms. The highest BCUT2D eigenvalue weighted by Gasteiger charge is 2.10. The van der Waals surface area contributed by atoms with Crippen molar-refractivity contribution in [2.24, 2.45) is 0 Å². The van der Waals surface area contributed by atoms with E-state index in [1.807, 2.05) is 30.3 Å². The quantitative estimate of drug-likeness (QED) is 0.532. The van der Waals surface area contributed by atoms with E-state index in [1.54, 1.807) is 6.92 Å². The van der Waals surface area contributed by atoms with Crippen molar-refractivity contribution in [3.63, 3.8) is 0 Å². The van der Waals surface area contributed by atoms with Crippen LogP contribution in [0, 0.1) is 0 Å². The summed E-state index contributed by atoms with van der Waals surface area (Å²) in [4.78, 5) is 11.1. The molecule has 72 valence electrons. The molecule has 0 aliphatic rings. The summed E-state index contributed by atoms with van der Waals surface area (Å²) in [5.41, 5.74) is 0.959. The summed E-state index contributed by atoms with van der Waals surface area (Å²) in [5, 5.41) is 0. The van der Waals surface area contributed by atoms with Gasteiger partial charge in [0, 0.05) is 6.42 Å². The fourth-order valence-corrected chi connectivity index (χ4v) is 1.22. The van der Waals surface area contributed by atoms with Crippen LogP contribution in [0.2, 0.25) is 0 Å². The van der Waals surface area contributed by atoms with Crippen molar-refractivity contribution in [2.75, 3.05) is 6.61 Å². The van der Waals surface area contributed by atoms with Gasteiger partial charge in [0.2, 0.25) is 0 Å². The zero-order valence-electron chi connectivity index (χ0n) is 8.27. The minimum Gasteiger partial charge on any atom is -0.466 e. The lowest BCUT2D eigenvalue weighted by Crippen LogP contribution is -2.10. The van der Waals surface area contributed by atoms with E-state index in [-0.39, 0.29) is 18.2 Å². The summed E-state index contributed by atoms with van der Waals surface area (Å²) in [6.45, 7) is 2.19. The van der Waals surface area contributed by atoms with Gasteiger partial charge in [-0.05, 0) is 12.7 Å². The lowest BCUT2D eigenvalue weighted by atomic mass is 9.79. The van der Waals surface area contributed by atoms with Crippen LogP contribution in [0.25, 0.3) is 0 Å². The van der Waals surface area contributed by atoms with Gasteiger partial charge in [-0.15, -0.1) is 0 Å².